The zero-order valence-electron chi connectivity index (χ0n) is 23.6. The van der Waals surface area contributed by atoms with Gasteiger partial charge in [0.2, 0.25) is 5.91 Å². The highest BCUT2D eigenvalue weighted by Gasteiger charge is 2.31. The molecule has 0 bridgehead atoms. The van der Waals surface area contributed by atoms with Gasteiger partial charge in [-0.15, -0.1) is 0 Å². The number of likely N-dealkylation sites (N-methyl/N-ethyl adjacent to an activating group) is 1. The molecule has 1 amide bonds. The number of aromatic nitrogens is 3. The predicted molar refractivity (Wildman–Crippen MR) is 160 cm³/mol. The Morgan fingerprint density at radius 1 is 1.12 bits per heavy atom. The summed E-state index contributed by atoms with van der Waals surface area (Å²) in [6.45, 7) is 5.71. The van der Waals surface area contributed by atoms with Crippen LogP contribution in [0.5, 0.6) is 11.5 Å². The number of rotatable bonds is 8. The molecule has 212 valence electrons. The van der Waals surface area contributed by atoms with Gasteiger partial charge in [0.1, 0.15) is 29.3 Å². The van der Waals surface area contributed by atoms with Crippen LogP contribution in [-0.4, -0.2) is 76.2 Å². The van der Waals surface area contributed by atoms with Crippen molar-refractivity contribution < 1.29 is 14.3 Å². The van der Waals surface area contributed by atoms with Gasteiger partial charge < -0.3 is 24.7 Å². The van der Waals surface area contributed by atoms with Gasteiger partial charge >= 0.3 is 0 Å². The summed E-state index contributed by atoms with van der Waals surface area (Å²) >= 11 is 0. The molecule has 2 N–H and O–H groups in total. The third-order valence-corrected chi connectivity index (χ3v) is 8.20. The van der Waals surface area contributed by atoms with E-state index in [2.05, 4.69) is 33.4 Å². The number of carbonyl (C=O) groups is 1. The molecule has 0 radical (unpaired) electrons. The second-order valence-electron chi connectivity index (χ2n) is 10.8. The average molecular weight is 553 g/mol. The Bertz CT molecular complexity index is 1540. The Balaban J connectivity index is 1.21. The topological polar surface area (TPSA) is 98.7 Å². The molecule has 2 aromatic carbocycles. The highest BCUT2D eigenvalue weighted by molar-refractivity contribution is 6.02. The molecule has 4 aromatic rings. The van der Waals surface area contributed by atoms with Crippen LogP contribution in [0.15, 0.2) is 73.1 Å². The summed E-state index contributed by atoms with van der Waals surface area (Å²) in [5.41, 5.74) is 10.3. The number of benzene rings is 2. The van der Waals surface area contributed by atoms with Crippen molar-refractivity contribution in [3.8, 4) is 22.6 Å². The zero-order chi connectivity index (χ0) is 28.3. The minimum atomic E-state index is 0.0426. The van der Waals surface area contributed by atoms with Gasteiger partial charge in [-0.05, 0) is 56.6 Å². The monoisotopic (exact) mass is 552 g/mol. The van der Waals surface area contributed by atoms with E-state index in [1.165, 1.54) is 6.33 Å². The first-order valence-electron chi connectivity index (χ1n) is 14.2. The van der Waals surface area contributed by atoms with Crippen LogP contribution in [0, 0.1) is 6.92 Å². The molecule has 9 nitrogen and oxygen atoms in total. The van der Waals surface area contributed by atoms with Gasteiger partial charge in [0.05, 0.1) is 18.0 Å². The molecule has 9 heteroatoms. The number of carbonyl (C=O) groups excluding carboxylic acids is 1. The molecule has 6 rings (SSSR count). The van der Waals surface area contributed by atoms with Gasteiger partial charge in [-0.2, -0.15) is 0 Å². The van der Waals surface area contributed by atoms with Crippen LogP contribution in [-0.2, 0) is 9.53 Å². The Labute approximate surface area is 240 Å². The first-order valence-corrected chi connectivity index (χ1v) is 14.2. The molecule has 0 unspecified atom stereocenters. The number of ether oxygens (including phenoxy) is 2. The van der Waals surface area contributed by atoms with E-state index in [1.54, 1.807) is 6.08 Å². The number of fused-ring (bicyclic) bond motifs is 1. The van der Waals surface area contributed by atoms with Crippen molar-refractivity contribution >= 4 is 22.8 Å². The van der Waals surface area contributed by atoms with Gasteiger partial charge in [-0.3, -0.25) is 9.69 Å². The second-order valence-corrected chi connectivity index (χ2v) is 10.8. The SMILES string of the molecule is Cc1c(-c2ccc(Oc3ccccc3)cc2)c2c(N)ncnc2n1[C@@H]1CCN(C(=O)C=CCN(C)[C@@H]2CCOC2)C1. The molecule has 2 aliphatic heterocycles. The van der Waals surface area contributed by atoms with Crippen LogP contribution in [0.2, 0.25) is 0 Å². The third-order valence-electron chi connectivity index (χ3n) is 8.20. The number of para-hydroxylation sites is 1. The Morgan fingerprint density at radius 2 is 1.90 bits per heavy atom. The zero-order valence-corrected chi connectivity index (χ0v) is 23.6. The van der Waals surface area contributed by atoms with E-state index in [0.29, 0.717) is 24.9 Å². The first-order chi connectivity index (χ1) is 20.0. The fourth-order valence-corrected chi connectivity index (χ4v) is 5.98. The van der Waals surface area contributed by atoms with Gasteiger partial charge in [0.15, 0.2) is 0 Å². The maximum Gasteiger partial charge on any atom is 0.246 e. The molecular formula is C32H36N6O3. The normalized spacial score (nSPS) is 19.1. The van der Waals surface area contributed by atoms with Gasteiger partial charge in [-0.1, -0.05) is 36.4 Å². The van der Waals surface area contributed by atoms with E-state index in [0.717, 1.165) is 72.0 Å². The fourth-order valence-electron chi connectivity index (χ4n) is 5.98. The number of hydrogen-bond acceptors (Lipinski definition) is 7. The van der Waals surface area contributed by atoms with Crippen LogP contribution in [0.4, 0.5) is 5.82 Å². The molecule has 0 aliphatic carbocycles. The van der Waals surface area contributed by atoms with Crippen LogP contribution in [0.1, 0.15) is 24.6 Å². The van der Waals surface area contributed by atoms with Crippen molar-refractivity contribution in [2.75, 3.05) is 45.6 Å². The van der Waals surface area contributed by atoms with E-state index >= 15 is 0 Å². The summed E-state index contributed by atoms with van der Waals surface area (Å²) in [6, 6.07) is 18.2. The summed E-state index contributed by atoms with van der Waals surface area (Å²) in [4.78, 5) is 26.2. The smallest absolute Gasteiger partial charge is 0.246 e. The minimum absolute atomic E-state index is 0.0426. The summed E-state index contributed by atoms with van der Waals surface area (Å²) in [5.74, 6) is 2.03. The number of nitrogens with two attached hydrogens (primary N) is 1. The molecule has 4 heterocycles. The van der Waals surface area contributed by atoms with Crippen LogP contribution in [0.3, 0.4) is 0 Å². The molecule has 2 fully saturated rings. The third kappa shape index (κ3) is 5.55. The van der Waals surface area contributed by atoms with Crippen molar-refractivity contribution in [3.05, 3.63) is 78.8 Å². The van der Waals surface area contributed by atoms with Gasteiger partial charge in [0, 0.05) is 49.6 Å². The molecule has 2 aliphatic rings. The van der Waals surface area contributed by atoms with E-state index in [9.17, 15) is 4.79 Å². The number of nitrogens with zero attached hydrogens (tertiary/aromatic N) is 5. The molecule has 2 saturated heterocycles. The van der Waals surface area contributed by atoms with Crippen LogP contribution >= 0.6 is 0 Å². The lowest BCUT2D eigenvalue weighted by atomic mass is 10.0. The molecule has 2 aromatic heterocycles. The number of likely N-dealkylation sites (tertiary alicyclic amines) is 1. The second kappa shape index (κ2) is 11.7. The van der Waals surface area contributed by atoms with Crippen molar-refractivity contribution in [1.82, 2.24) is 24.3 Å². The predicted octanol–water partition coefficient (Wildman–Crippen LogP) is 4.83. The van der Waals surface area contributed by atoms with E-state index < -0.39 is 0 Å². The highest BCUT2D eigenvalue weighted by Crippen LogP contribution is 2.40. The molecule has 0 spiro atoms. The number of nitrogen functional groups attached to an aromatic ring is 1. The Hall–Kier alpha value is -4.21. The van der Waals surface area contributed by atoms with Crippen molar-refractivity contribution in [1.29, 1.82) is 0 Å². The molecule has 2 atom stereocenters. The Morgan fingerprint density at radius 3 is 2.66 bits per heavy atom. The van der Waals surface area contributed by atoms with Gasteiger partial charge in [0.25, 0.3) is 0 Å². The summed E-state index contributed by atoms with van der Waals surface area (Å²) < 4.78 is 13.7. The lowest BCUT2D eigenvalue weighted by molar-refractivity contribution is -0.125. The summed E-state index contributed by atoms with van der Waals surface area (Å²) in [7, 11) is 2.08. The number of hydrogen-bond donors (Lipinski definition) is 1. The molecular weight excluding hydrogens is 516 g/mol. The molecule has 41 heavy (non-hydrogen) atoms. The number of anilines is 1. The van der Waals surface area contributed by atoms with Gasteiger partial charge in [-0.25, -0.2) is 9.97 Å². The summed E-state index contributed by atoms with van der Waals surface area (Å²) in [6.07, 6.45) is 7.07. The van der Waals surface area contributed by atoms with E-state index in [-0.39, 0.29) is 11.9 Å². The van der Waals surface area contributed by atoms with Crippen molar-refractivity contribution in [2.45, 2.75) is 31.8 Å². The Kier molecular flexibility index (Phi) is 7.71. The first kappa shape index (κ1) is 27.0. The maximum absolute atomic E-state index is 13.0. The highest BCUT2D eigenvalue weighted by atomic mass is 16.5. The maximum atomic E-state index is 13.0. The van der Waals surface area contributed by atoms with E-state index in [4.69, 9.17) is 15.2 Å². The van der Waals surface area contributed by atoms with Crippen LogP contribution in [0.25, 0.3) is 22.2 Å². The largest absolute Gasteiger partial charge is 0.457 e. The lowest BCUT2D eigenvalue weighted by Crippen LogP contribution is -2.32. The van der Waals surface area contributed by atoms with Crippen molar-refractivity contribution in [3.63, 3.8) is 0 Å². The molecule has 0 saturated carbocycles. The van der Waals surface area contributed by atoms with Crippen LogP contribution < -0.4 is 10.5 Å². The lowest BCUT2D eigenvalue weighted by Gasteiger charge is -2.21. The standard InChI is InChI=1S/C32H36N6O3/c1-22-29(23-10-12-27(13-11-23)41-26-7-4-3-5-8-26)30-31(33)34-21-35-32(30)38(22)24-14-17-37(19-24)28(39)9-6-16-36(2)25-15-18-40-20-25/h3-13,21,24-25H,14-20H2,1-2H3,(H2,33,34,35)/t24-,25-/m1/s1. The minimum Gasteiger partial charge on any atom is -0.457 e. The quantitative estimate of drug-likeness (QED) is 0.313. The average Bonchev–Trinajstić information content (AvgIpc) is 3.74. The van der Waals surface area contributed by atoms with E-state index in [1.807, 2.05) is 65.6 Å². The summed E-state index contributed by atoms with van der Waals surface area (Å²) in [5, 5.41) is 0.838. The fraction of sp³-hybridized carbons (Fsp3) is 0.344. The number of amides is 1. The van der Waals surface area contributed by atoms with Crippen molar-refractivity contribution in [2.24, 2.45) is 0 Å².